The Morgan fingerprint density at radius 3 is 2.42 bits per heavy atom. The molecule has 1 saturated heterocycles. The molecule has 0 aliphatic carbocycles. The lowest BCUT2D eigenvalue weighted by molar-refractivity contribution is -0.127. The van der Waals surface area contributed by atoms with Crippen LogP contribution in [-0.2, 0) is 16.2 Å². The van der Waals surface area contributed by atoms with Crippen molar-refractivity contribution in [1.82, 2.24) is 4.90 Å². The van der Waals surface area contributed by atoms with E-state index in [0.29, 0.717) is 49.6 Å². The van der Waals surface area contributed by atoms with E-state index in [4.69, 9.17) is 37.4 Å². The monoisotopic (exact) mass is 664 g/mol. The number of carbonyl (C=O) groups is 3. The lowest BCUT2D eigenvalue weighted by Gasteiger charge is -2.15. The topological polar surface area (TPSA) is 94.2 Å². The predicted molar refractivity (Wildman–Crippen MR) is 160 cm³/mol. The standard InChI is InChI=1S/C28H23BrCl2N2O6S/c1-3-38-23-11-17(20(29)13-24(23)39-15-16-4-9-21(30)22(31)10-16)12-25-27(35)33(28(36)40-25)14-26(34)32-18-5-7-19(37-2)8-6-18/h4-13H,3,14-15H2,1-2H3,(H,32,34)/b25-12+. The van der Waals surface area contributed by atoms with Gasteiger partial charge < -0.3 is 19.5 Å². The number of thioether (sulfide) groups is 1. The number of anilines is 1. The van der Waals surface area contributed by atoms with Gasteiger partial charge in [-0.25, -0.2) is 0 Å². The molecule has 0 atom stereocenters. The lowest BCUT2D eigenvalue weighted by Crippen LogP contribution is -2.36. The summed E-state index contributed by atoms with van der Waals surface area (Å²) in [5, 5.41) is 3.01. The average molecular weight is 666 g/mol. The number of nitrogens with one attached hydrogen (secondary N) is 1. The fourth-order valence-electron chi connectivity index (χ4n) is 3.63. The fraction of sp³-hybridized carbons (Fsp3) is 0.179. The van der Waals surface area contributed by atoms with Gasteiger partial charge in [0.25, 0.3) is 11.1 Å². The van der Waals surface area contributed by atoms with Crippen LogP contribution in [0, 0.1) is 0 Å². The van der Waals surface area contributed by atoms with Crippen molar-refractivity contribution in [3.05, 3.63) is 85.1 Å². The van der Waals surface area contributed by atoms with Crippen LogP contribution in [0.4, 0.5) is 10.5 Å². The molecule has 0 aromatic heterocycles. The van der Waals surface area contributed by atoms with Crippen LogP contribution >= 0.6 is 50.9 Å². The molecule has 3 aromatic carbocycles. The zero-order valence-corrected chi connectivity index (χ0v) is 25.2. The third kappa shape index (κ3) is 7.31. The van der Waals surface area contributed by atoms with Crippen LogP contribution in [0.5, 0.6) is 17.2 Å². The van der Waals surface area contributed by atoms with E-state index in [2.05, 4.69) is 21.2 Å². The van der Waals surface area contributed by atoms with E-state index in [1.807, 2.05) is 13.0 Å². The number of nitrogens with zero attached hydrogens (tertiary/aromatic N) is 1. The van der Waals surface area contributed by atoms with E-state index in [0.717, 1.165) is 22.2 Å². The second-order valence-electron chi connectivity index (χ2n) is 8.34. The molecule has 40 heavy (non-hydrogen) atoms. The van der Waals surface area contributed by atoms with Gasteiger partial charge in [0.15, 0.2) is 11.5 Å². The third-order valence-corrected chi connectivity index (χ3v) is 7.91. The maximum absolute atomic E-state index is 13.0. The zero-order valence-electron chi connectivity index (χ0n) is 21.3. The summed E-state index contributed by atoms with van der Waals surface area (Å²) in [6.45, 7) is 2.03. The SMILES string of the molecule is CCOc1cc(/C=C2/SC(=O)N(CC(=O)Nc3ccc(OC)cc3)C2=O)c(Br)cc1OCc1ccc(Cl)c(Cl)c1. The Hall–Kier alpha value is -3.18. The molecule has 0 bridgehead atoms. The number of rotatable bonds is 10. The highest BCUT2D eigenvalue weighted by molar-refractivity contribution is 9.10. The van der Waals surface area contributed by atoms with Gasteiger partial charge in [0.2, 0.25) is 5.91 Å². The van der Waals surface area contributed by atoms with Crippen molar-refractivity contribution in [2.45, 2.75) is 13.5 Å². The van der Waals surface area contributed by atoms with Crippen molar-refractivity contribution in [2.24, 2.45) is 0 Å². The molecule has 1 N–H and O–H groups in total. The maximum Gasteiger partial charge on any atom is 0.294 e. The van der Waals surface area contributed by atoms with E-state index < -0.39 is 23.6 Å². The van der Waals surface area contributed by atoms with E-state index in [-0.39, 0.29) is 11.5 Å². The first-order chi connectivity index (χ1) is 19.2. The van der Waals surface area contributed by atoms with Gasteiger partial charge in [0.1, 0.15) is 18.9 Å². The predicted octanol–water partition coefficient (Wildman–Crippen LogP) is 7.42. The van der Waals surface area contributed by atoms with Gasteiger partial charge >= 0.3 is 0 Å². The Labute approximate surface area is 253 Å². The van der Waals surface area contributed by atoms with Crippen molar-refractivity contribution in [2.75, 3.05) is 25.6 Å². The number of hydrogen-bond acceptors (Lipinski definition) is 7. The Morgan fingerprint density at radius 2 is 1.75 bits per heavy atom. The molecular weight excluding hydrogens is 643 g/mol. The maximum atomic E-state index is 13.0. The number of halogens is 3. The molecule has 3 amide bonds. The smallest absolute Gasteiger partial charge is 0.294 e. The van der Waals surface area contributed by atoms with E-state index in [1.165, 1.54) is 0 Å². The van der Waals surface area contributed by atoms with Gasteiger partial charge in [-0.1, -0.05) is 45.2 Å². The molecule has 0 unspecified atom stereocenters. The first-order valence-corrected chi connectivity index (χ1v) is 14.3. The summed E-state index contributed by atoms with van der Waals surface area (Å²) in [6.07, 6.45) is 1.57. The second kappa shape index (κ2) is 13.5. The van der Waals surface area contributed by atoms with Crippen LogP contribution in [0.2, 0.25) is 10.0 Å². The van der Waals surface area contributed by atoms with Gasteiger partial charge in [0, 0.05) is 10.2 Å². The molecule has 8 nitrogen and oxygen atoms in total. The van der Waals surface area contributed by atoms with Crippen LogP contribution in [0.15, 0.2) is 64.0 Å². The Kier molecular flexibility index (Phi) is 10.0. The third-order valence-electron chi connectivity index (χ3n) is 5.58. The number of benzene rings is 3. The number of carbonyl (C=O) groups excluding carboxylic acids is 3. The normalized spacial score (nSPS) is 14.0. The van der Waals surface area contributed by atoms with Crippen molar-refractivity contribution in [3.63, 3.8) is 0 Å². The average Bonchev–Trinajstić information content (AvgIpc) is 3.19. The van der Waals surface area contributed by atoms with Gasteiger partial charge in [-0.3, -0.25) is 19.3 Å². The van der Waals surface area contributed by atoms with Crippen molar-refractivity contribution >= 4 is 79.7 Å². The van der Waals surface area contributed by atoms with Gasteiger partial charge in [0.05, 0.1) is 28.7 Å². The molecule has 12 heteroatoms. The lowest BCUT2D eigenvalue weighted by atomic mass is 10.1. The van der Waals surface area contributed by atoms with Crippen LogP contribution in [0.1, 0.15) is 18.1 Å². The molecule has 208 valence electrons. The molecule has 1 heterocycles. The Bertz CT molecular complexity index is 1480. The number of ether oxygens (including phenoxy) is 3. The Morgan fingerprint density at radius 1 is 1.02 bits per heavy atom. The van der Waals surface area contributed by atoms with Crippen LogP contribution in [-0.4, -0.2) is 42.2 Å². The summed E-state index contributed by atoms with van der Waals surface area (Å²) in [4.78, 5) is 39.2. The quantitative estimate of drug-likeness (QED) is 0.225. The fourth-order valence-corrected chi connectivity index (χ4v) is 5.22. The molecule has 1 aliphatic heterocycles. The van der Waals surface area contributed by atoms with Crippen LogP contribution < -0.4 is 19.5 Å². The summed E-state index contributed by atoms with van der Waals surface area (Å²) in [5.41, 5.74) is 1.93. The molecule has 3 aromatic rings. The summed E-state index contributed by atoms with van der Waals surface area (Å²) in [6, 6.07) is 15.4. The van der Waals surface area contributed by atoms with Gasteiger partial charge in [-0.05, 0) is 84.4 Å². The number of amides is 3. The van der Waals surface area contributed by atoms with Crippen molar-refractivity contribution in [1.29, 1.82) is 0 Å². The first-order valence-electron chi connectivity index (χ1n) is 11.9. The van der Waals surface area contributed by atoms with Crippen molar-refractivity contribution < 1.29 is 28.6 Å². The summed E-state index contributed by atoms with van der Waals surface area (Å²) in [7, 11) is 1.54. The molecule has 1 aliphatic rings. The highest BCUT2D eigenvalue weighted by Gasteiger charge is 2.36. The molecule has 0 radical (unpaired) electrons. The summed E-state index contributed by atoms with van der Waals surface area (Å²) >= 11 is 16.4. The van der Waals surface area contributed by atoms with Gasteiger partial charge in [-0.15, -0.1) is 0 Å². The number of hydrogen-bond donors (Lipinski definition) is 1. The van der Waals surface area contributed by atoms with Crippen LogP contribution in [0.3, 0.4) is 0 Å². The van der Waals surface area contributed by atoms with E-state index in [9.17, 15) is 14.4 Å². The highest BCUT2D eigenvalue weighted by Crippen LogP contribution is 2.38. The van der Waals surface area contributed by atoms with Crippen molar-refractivity contribution in [3.8, 4) is 17.2 Å². The minimum absolute atomic E-state index is 0.176. The molecule has 1 fully saturated rings. The number of imide groups is 1. The largest absolute Gasteiger partial charge is 0.497 e. The molecule has 0 spiro atoms. The highest BCUT2D eigenvalue weighted by atomic mass is 79.9. The second-order valence-corrected chi connectivity index (χ2v) is 11.0. The van der Waals surface area contributed by atoms with Crippen LogP contribution in [0.25, 0.3) is 6.08 Å². The van der Waals surface area contributed by atoms with Gasteiger partial charge in [-0.2, -0.15) is 0 Å². The summed E-state index contributed by atoms with van der Waals surface area (Å²) in [5.74, 6) is 0.496. The molecule has 0 saturated carbocycles. The summed E-state index contributed by atoms with van der Waals surface area (Å²) < 4.78 is 17.5. The molecule has 4 rings (SSSR count). The zero-order chi connectivity index (χ0) is 28.8. The first kappa shape index (κ1) is 29.8. The Balaban J connectivity index is 1.47. The number of methoxy groups -OCH3 is 1. The minimum Gasteiger partial charge on any atom is -0.497 e. The molecular formula is C28H23BrCl2N2O6S. The van der Waals surface area contributed by atoms with E-state index in [1.54, 1.807) is 61.7 Å². The van der Waals surface area contributed by atoms with E-state index >= 15 is 0 Å². The minimum atomic E-state index is -0.565.